The van der Waals surface area contributed by atoms with Gasteiger partial charge < -0.3 is 20.1 Å². The number of piperazine rings is 1. The van der Waals surface area contributed by atoms with Gasteiger partial charge in [0.2, 0.25) is 5.91 Å². The lowest BCUT2D eigenvalue weighted by Gasteiger charge is -2.34. The number of pyridine rings is 3. The van der Waals surface area contributed by atoms with Crippen molar-refractivity contribution in [1.29, 1.82) is 0 Å². The molecular formula is C28H31N9O. The first kappa shape index (κ1) is 24.1. The number of hydrogen-bond acceptors (Lipinski definition) is 7. The van der Waals surface area contributed by atoms with Crippen LogP contribution in [0.2, 0.25) is 0 Å². The van der Waals surface area contributed by atoms with E-state index in [0.717, 1.165) is 76.4 Å². The van der Waals surface area contributed by atoms with Crippen LogP contribution >= 0.6 is 0 Å². The number of rotatable bonds is 6. The van der Waals surface area contributed by atoms with Gasteiger partial charge in [0.1, 0.15) is 11.2 Å². The molecule has 0 bridgehead atoms. The average molecular weight is 510 g/mol. The monoisotopic (exact) mass is 509 g/mol. The molecule has 10 heteroatoms. The third kappa shape index (κ3) is 4.70. The van der Waals surface area contributed by atoms with E-state index in [1.165, 1.54) is 0 Å². The number of nitrogens with one attached hydrogen (secondary N) is 3. The molecule has 6 rings (SSSR count). The number of hydrogen-bond donors (Lipinski definition) is 3. The Morgan fingerprint density at radius 3 is 2.66 bits per heavy atom. The summed E-state index contributed by atoms with van der Waals surface area (Å²) in [6.45, 7) is 8.04. The van der Waals surface area contributed by atoms with E-state index in [1.807, 2.05) is 44.4 Å². The van der Waals surface area contributed by atoms with Gasteiger partial charge in [-0.3, -0.25) is 19.9 Å². The standard InChI is InChI=1S/C28H31N9O/c1-17(2)10-26(38)31-19-11-18(13-29-14-19)21-4-5-22-27(33-21)28(35-34-22)23-12-20-24(32-23)15-30-16-25(20)37-8-6-36(3)7-9-37/h4-5,11-17,32H,6-10H2,1-3H3,(H,31,38)(H,34,35). The third-order valence-corrected chi connectivity index (χ3v) is 6.94. The minimum Gasteiger partial charge on any atom is -0.367 e. The van der Waals surface area contributed by atoms with Crippen molar-refractivity contribution in [3.63, 3.8) is 0 Å². The van der Waals surface area contributed by atoms with Gasteiger partial charge in [-0.25, -0.2) is 4.98 Å². The normalized spacial score (nSPS) is 14.6. The Morgan fingerprint density at radius 2 is 1.84 bits per heavy atom. The molecule has 1 amide bonds. The molecule has 0 radical (unpaired) electrons. The van der Waals surface area contributed by atoms with Gasteiger partial charge in [-0.05, 0) is 37.2 Å². The highest BCUT2D eigenvalue weighted by atomic mass is 16.1. The zero-order chi connectivity index (χ0) is 26.2. The Balaban J connectivity index is 1.34. The van der Waals surface area contributed by atoms with E-state index in [4.69, 9.17) is 4.98 Å². The van der Waals surface area contributed by atoms with Gasteiger partial charge in [-0.15, -0.1) is 0 Å². The Kier molecular flexibility index (Phi) is 6.24. The summed E-state index contributed by atoms with van der Waals surface area (Å²) in [5.41, 5.74) is 7.56. The predicted octanol–water partition coefficient (Wildman–Crippen LogP) is 4.30. The minimum absolute atomic E-state index is 0.0243. The molecule has 0 atom stereocenters. The topological polar surface area (TPSA) is 119 Å². The van der Waals surface area contributed by atoms with Crippen molar-refractivity contribution in [1.82, 2.24) is 35.0 Å². The third-order valence-electron chi connectivity index (χ3n) is 6.94. The number of likely N-dealkylation sites (N-methyl/N-ethyl adjacent to an activating group) is 1. The van der Waals surface area contributed by atoms with E-state index < -0.39 is 0 Å². The molecule has 0 spiro atoms. The summed E-state index contributed by atoms with van der Waals surface area (Å²) < 4.78 is 0. The van der Waals surface area contributed by atoms with E-state index >= 15 is 0 Å². The van der Waals surface area contributed by atoms with Crippen LogP contribution < -0.4 is 10.2 Å². The number of carbonyl (C=O) groups is 1. The molecule has 38 heavy (non-hydrogen) atoms. The molecule has 5 aromatic rings. The number of amides is 1. The molecule has 3 N–H and O–H groups in total. The van der Waals surface area contributed by atoms with Crippen LogP contribution in [-0.2, 0) is 4.79 Å². The molecule has 1 fully saturated rings. The SMILES string of the molecule is CC(C)CC(=O)Nc1cncc(-c2ccc3[nH]nc(-c4cc5c(N6CCN(C)CC6)cncc5[nH]4)c3n2)c1. The lowest BCUT2D eigenvalue weighted by atomic mass is 10.1. The Morgan fingerprint density at radius 1 is 1.03 bits per heavy atom. The first-order valence-corrected chi connectivity index (χ1v) is 13.0. The molecular weight excluding hydrogens is 478 g/mol. The highest BCUT2D eigenvalue weighted by Gasteiger charge is 2.20. The van der Waals surface area contributed by atoms with Crippen molar-refractivity contribution in [3.05, 3.63) is 49.1 Å². The first-order chi connectivity index (χ1) is 18.4. The van der Waals surface area contributed by atoms with Crippen molar-refractivity contribution in [2.24, 2.45) is 5.92 Å². The van der Waals surface area contributed by atoms with Gasteiger partial charge in [0, 0.05) is 49.7 Å². The van der Waals surface area contributed by atoms with Crippen LogP contribution in [0.5, 0.6) is 0 Å². The molecule has 194 valence electrons. The van der Waals surface area contributed by atoms with Crippen molar-refractivity contribution in [3.8, 4) is 22.6 Å². The second-order valence-electron chi connectivity index (χ2n) is 10.4. The highest BCUT2D eigenvalue weighted by Crippen LogP contribution is 2.33. The highest BCUT2D eigenvalue weighted by molar-refractivity contribution is 5.99. The molecule has 1 aliphatic rings. The maximum Gasteiger partial charge on any atom is 0.224 e. The summed E-state index contributed by atoms with van der Waals surface area (Å²) in [4.78, 5) is 34.3. The average Bonchev–Trinajstić information content (AvgIpc) is 3.52. The molecule has 1 saturated heterocycles. The van der Waals surface area contributed by atoms with Gasteiger partial charge in [0.25, 0.3) is 0 Å². The second-order valence-corrected chi connectivity index (χ2v) is 10.4. The number of anilines is 2. The number of nitrogens with zero attached hydrogens (tertiary/aromatic N) is 6. The lowest BCUT2D eigenvalue weighted by molar-refractivity contribution is -0.116. The molecule has 5 aromatic heterocycles. The van der Waals surface area contributed by atoms with Gasteiger partial charge in [0.05, 0.1) is 52.4 Å². The van der Waals surface area contributed by atoms with Crippen LogP contribution in [0.15, 0.2) is 49.1 Å². The first-order valence-electron chi connectivity index (χ1n) is 13.0. The molecule has 1 aliphatic heterocycles. The number of carbonyl (C=O) groups excluding carboxylic acids is 1. The minimum atomic E-state index is -0.0243. The van der Waals surface area contributed by atoms with E-state index in [0.29, 0.717) is 12.1 Å². The second kappa shape index (κ2) is 9.86. The van der Waals surface area contributed by atoms with Gasteiger partial charge in [0.15, 0.2) is 0 Å². The van der Waals surface area contributed by atoms with Crippen molar-refractivity contribution in [2.75, 3.05) is 43.4 Å². The Labute approximate surface area is 220 Å². The zero-order valence-corrected chi connectivity index (χ0v) is 21.8. The maximum atomic E-state index is 12.2. The van der Waals surface area contributed by atoms with E-state index in [2.05, 4.69) is 53.4 Å². The fraction of sp³-hybridized carbons (Fsp3) is 0.321. The number of aromatic amines is 2. The molecule has 0 saturated carbocycles. The Bertz CT molecular complexity index is 1610. The quantitative estimate of drug-likeness (QED) is 0.312. The number of H-pyrrole nitrogens is 2. The molecule has 0 aliphatic carbocycles. The molecule has 0 unspecified atom stereocenters. The Hall–Kier alpha value is -4.31. The molecule has 0 aromatic carbocycles. The van der Waals surface area contributed by atoms with E-state index in [-0.39, 0.29) is 11.8 Å². The van der Waals surface area contributed by atoms with Gasteiger partial charge in [-0.2, -0.15) is 5.10 Å². The largest absolute Gasteiger partial charge is 0.367 e. The summed E-state index contributed by atoms with van der Waals surface area (Å²) in [5, 5.41) is 11.8. The predicted molar refractivity (Wildman–Crippen MR) is 150 cm³/mol. The lowest BCUT2D eigenvalue weighted by Crippen LogP contribution is -2.44. The van der Waals surface area contributed by atoms with Crippen molar-refractivity contribution >= 4 is 39.2 Å². The smallest absolute Gasteiger partial charge is 0.224 e. The van der Waals surface area contributed by atoms with Crippen LogP contribution in [-0.4, -0.2) is 74.2 Å². The van der Waals surface area contributed by atoms with Crippen molar-refractivity contribution < 1.29 is 4.79 Å². The van der Waals surface area contributed by atoms with Crippen LogP contribution in [0.4, 0.5) is 11.4 Å². The van der Waals surface area contributed by atoms with Gasteiger partial charge >= 0.3 is 0 Å². The van der Waals surface area contributed by atoms with Crippen LogP contribution in [0, 0.1) is 5.92 Å². The summed E-state index contributed by atoms with van der Waals surface area (Å²) in [6, 6.07) is 7.94. The zero-order valence-electron chi connectivity index (χ0n) is 21.8. The molecule has 10 nitrogen and oxygen atoms in total. The van der Waals surface area contributed by atoms with Crippen LogP contribution in [0.25, 0.3) is 44.6 Å². The summed E-state index contributed by atoms with van der Waals surface area (Å²) in [6.07, 6.45) is 7.67. The van der Waals surface area contributed by atoms with Gasteiger partial charge in [-0.1, -0.05) is 13.8 Å². The van der Waals surface area contributed by atoms with Crippen LogP contribution in [0.3, 0.4) is 0 Å². The van der Waals surface area contributed by atoms with E-state index in [9.17, 15) is 4.79 Å². The summed E-state index contributed by atoms with van der Waals surface area (Å²) in [5.74, 6) is 0.261. The summed E-state index contributed by atoms with van der Waals surface area (Å²) in [7, 11) is 2.16. The van der Waals surface area contributed by atoms with E-state index in [1.54, 1.807) is 12.4 Å². The fourth-order valence-electron chi connectivity index (χ4n) is 4.94. The number of aromatic nitrogens is 6. The summed E-state index contributed by atoms with van der Waals surface area (Å²) >= 11 is 0. The maximum absolute atomic E-state index is 12.2. The van der Waals surface area contributed by atoms with Crippen LogP contribution in [0.1, 0.15) is 20.3 Å². The molecule has 6 heterocycles. The fourth-order valence-corrected chi connectivity index (χ4v) is 4.94. The number of fused-ring (bicyclic) bond motifs is 2. The van der Waals surface area contributed by atoms with Crippen molar-refractivity contribution in [2.45, 2.75) is 20.3 Å².